The number of esters is 1. The molecule has 21 heavy (non-hydrogen) atoms. The molecule has 1 aliphatic carbocycles. The Hall–Kier alpha value is -1.80. The van der Waals surface area contributed by atoms with E-state index in [4.69, 9.17) is 4.74 Å². The van der Waals surface area contributed by atoms with Gasteiger partial charge in [0.2, 0.25) is 0 Å². The minimum atomic E-state index is -0.362. The molecule has 1 N–H and O–H groups in total. The molecule has 0 fully saturated rings. The molecule has 0 atom stereocenters. The van der Waals surface area contributed by atoms with Crippen LogP contribution in [0.3, 0.4) is 0 Å². The van der Waals surface area contributed by atoms with E-state index < -0.39 is 0 Å². The second-order valence-electron chi connectivity index (χ2n) is 5.08. The molecule has 112 valence electrons. The van der Waals surface area contributed by atoms with Crippen LogP contribution in [0.15, 0.2) is 11.8 Å². The van der Waals surface area contributed by atoms with Gasteiger partial charge in [0.1, 0.15) is 11.1 Å². The van der Waals surface area contributed by atoms with Crippen LogP contribution in [0, 0.1) is 11.3 Å². The second kappa shape index (κ2) is 7.28. The summed E-state index contributed by atoms with van der Waals surface area (Å²) in [5, 5.41) is 13.5. The number of carbonyl (C=O) groups is 1. The fraction of sp³-hybridized carbons (Fsp3) is 0.500. The number of carbonyl (C=O) groups excluding carboxylic acids is 1. The molecule has 1 heterocycles. The van der Waals surface area contributed by atoms with Gasteiger partial charge in [-0.1, -0.05) is 6.42 Å². The van der Waals surface area contributed by atoms with Crippen molar-refractivity contribution in [2.75, 3.05) is 11.9 Å². The number of ether oxygens (including phenoxy) is 1. The lowest BCUT2D eigenvalue weighted by Gasteiger charge is -2.05. The first kappa shape index (κ1) is 15.6. The van der Waals surface area contributed by atoms with E-state index in [0.717, 1.165) is 29.8 Å². The van der Waals surface area contributed by atoms with Gasteiger partial charge in [-0.25, -0.2) is 4.79 Å². The zero-order chi connectivity index (χ0) is 15.2. The van der Waals surface area contributed by atoms with Gasteiger partial charge < -0.3 is 10.1 Å². The quantitative estimate of drug-likeness (QED) is 0.522. The van der Waals surface area contributed by atoms with E-state index in [0.29, 0.717) is 12.3 Å². The average molecular weight is 304 g/mol. The highest BCUT2D eigenvalue weighted by molar-refractivity contribution is 7.16. The Morgan fingerprint density at radius 1 is 1.43 bits per heavy atom. The van der Waals surface area contributed by atoms with E-state index in [1.165, 1.54) is 29.4 Å². The van der Waals surface area contributed by atoms with Crippen molar-refractivity contribution in [1.82, 2.24) is 0 Å². The molecule has 4 nitrogen and oxygen atoms in total. The fourth-order valence-electron chi connectivity index (χ4n) is 2.52. The number of nitrogens with zero attached hydrogens (tertiary/aromatic N) is 1. The standard InChI is InChI=1S/C16H20N2O2S/c1-3-20-15(19)9-11(2)18-16-13(10-17)12-7-5-4-6-8-14(12)21-16/h9,18H,3-8H2,1-2H3. The van der Waals surface area contributed by atoms with Crippen molar-refractivity contribution in [2.45, 2.75) is 46.0 Å². The lowest BCUT2D eigenvalue weighted by atomic mass is 10.1. The zero-order valence-corrected chi connectivity index (χ0v) is 13.3. The van der Waals surface area contributed by atoms with Crippen LogP contribution in [0.4, 0.5) is 5.00 Å². The largest absolute Gasteiger partial charge is 0.463 e. The van der Waals surface area contributed by atoms with Gasteiger partial charge in [-0.15, -0.1) is 11.3 Å². The molecule has 0 aliphatic heterocycles. The monoisotopic (exact) mass is 304 g/mol. The van der Waals surface area contributed by atoms with Gasteiger partial charge in [-0.2, -0.15) is 5.26 Å². The number of nitriles is 1. The van der Waals surface area contributed by atoms with Crippen molar-refractivity contribution in [1.29, 1.82) is 5.26 Å². The molecule has 2 rings (SSSR count). The van der Waals surface area contributed by atoms with Crippen molar-refractivity contribution >= 4 is 22.3 Å². The summed E-state index contributed by atoms with van der Waals surface area (Å²) in [7, 11) is 0. The molecule has 0 saturated carbocycles. The van der Waals surface area contributed by atoms with Crippen molar-refractivity contribution in [3.63, 3.8) is 0 Å². The number of hydrogen-bond acceptors (Lipinski definition) is 5. The topological polar surface area (TPSA) is 62.1 Å². The second-order valence-corrected chi connectivity index (χ2v) is 6.19. The maximum atomic E-state index is 11.4. The van der Waals surface area contributed by atoms with Crippen molar-refractivity contribution < 1.29 is 9.53 Å². The van der Waals surface area contributed by atoms with Crippen molar-refractivity contribution in [3.8, 4) is 6.07 Å². The first-order chi connectivity index (χ1) is 10.2. The Morgan fingerprint density at radius 3 is 2.90 bits per heavy atom. The van der Waals surface area contributed by atoms with Gasteiger partial charge in [0.15, 0.2) is 0 Å². The number of rotatable bonds is 4. The van der Waals surface area contributed by atoms with Crippen molar-refractivity contribution in [3.05, 3.63) is 27.8 Å². The molecule has 0 bridgehead atoms. The summed E-state index contributed by atoms with van der Waals surface area (Å²) in [6.07, 6.45) is 7.03. The maximum Gasteiger partial charge on any atom is 0.332 e. The number of anilines is 1. The van der Waals surface area contributed by atoms with E-state index in [2.05, 4.69) is 11.4 Å². The Balaban J connectivity index is 2.21. The molecule has 0 aromatic carbocycles. The van der Waals surface area contributed by atoms with E-state index in [9.17, 15) is 10.1 Å². The van der Waals surface area contributed by atoms with Gasteiger partial charge in [0, 0.05) is 16.7 Å². The van der Waals surface area contributed by atoms with E-state index >= 15 is 0 Å². The fourth-order valence-corrected chi connectivity index (χ4v) is 3.83. The summed E-state index contributed by atoms with van der Waals surface area (Å²) >= 11 is 1.64. The molecule has 0 saturated heterocycles. The Kier molecular flexibility index (Phi) is 5.40. The molecular formula is C16H20N2O2S. The molecule has 5 heteroatoms. The molecule has 1 aromatic heterocycles. The number of nitrogens with one attached hydrogen (secondary N) is 1. The summed E-state index contributed by atoms with van der Waals surface area (Å²) in [4.78, 5) is 12.8. The van der Waals surface area contributed by atoms with Gasteiger partial charge in [0.05, 0.1) is 12.2 Å². The summed E-state index contributed by atoms with van der Waals surface area (Å²) < 4.78 is 4.89. The average Bonchev–Trinajstić information content (AvgIpc) is 2.59. The van der Waals surface area contributed by atoms with Crippen LogP contribution in [0.2, 0.25) is 0 Å². The Morgan fingerprint density at radius 2 is 2.19 bits per heavy atom. The number of fused-ring (bicyclic) bond motifs is 1. The molecule has 0 radical (unpaired) electrons. The van der Waals surface area contributed by atoms with Crippen LogP contribution in [-0.4, -0.2) is 12.6 Å². The molecule has 0 unspecified atom stereocenters. The summed E-state index contributed by atoms with van der Waals surface area (Å²) in [6.45, 7) is 3.95. The maximum absolute atomic E-state index is 11.4. The minimum Gasteiger partial charge on any atom is -0.463 e. The van der Waals surface area contributed by atoms with Crippen LogP contribution in [0.5, 0.6) is 0 Å². The third kappa shape index (κ3) is 3.85. The highest BCUT2D eigenvalue weighted by Crippen LogP contribution is 2.37. The first-order valence-electron chi connectivity index (χ1n) is 7.32. The summed E-state index contributed by atoms with van der Waals surface area (Å²) in [5.41, 5.74) is 2.64. The van der Waals surface area contributed by atoms with Crippen LogP contribution in [0.1, 0.15) is 49.1 Å². The van der Waals surface area contributed by atoms with Crippen LogP contribution < -0.4 is 5.32 Å². The predicted octanol–water partition coefficient (Wildman–Crippen LogP) is 3.77. The van der Waals surface area contributed by atoms with Gasteiger partial charge in [0.25, 0.3) is 0 Å². The molecule has 1 aromatic rings. The molecule has 0 spiro atoms. The minimum absolute atomic E-state index is 0.360. The number of thiophene rings is 1. The van der Waals surface area contributed by atoms with Gasteiger partial charge >= 0.3 is 5.97 Å². The third-order valence-corrected chi connectivity index (χ3v) is 4.67. The number of aryl methyl sites for hydroxylation is 1. The lowest BCUT2D eigenvalue weighted by molar-refractivity contribution is -0.137. The summed E-state index contributed by atoms with van der Waals surface area (Å²) in [5.74, 6) is -0.362. The Bertz CT molecular complexity index is 596. The van der Waals surface area contributed by atoms with Crippen molar-refractivity contribution in [2.24, 2.45) is 0 Å². The number of allylic oxidation sites excluding steroid dienone is 1. The van der Waals surface area contributed by atoms with E-state index in [1.54, 1.807) is 18.3 Å². The van der Waals surface area contributed by atoms with E-state index in [-0.39, 0.29) is 5.97 Å². The third-order valence-electron chi connectivity index (χ3n) is 3.46. The first-order valence-corrected chi connectivity index (χ1v) is 8.14. The molecule has 1 aliphatic rings. The van der Waals surface area contributed by atoms with Crippen LogP contribution >= 0.6 is 11.3 Å². The van der Waals surface area contributed by atoms with Crippen LogP contribution in [0.25, 0.3) is 0 Å². The number of hydrogen-bond donors (Lipinski definition) is 1. The SMILES string of the molecule is CCOC(=O)C=C(C)Nc1sc2c(c1C#N)CCCCC2. The Labute approximate surface area is 129 Å². The van der Waals surface area contributed by atoms with Gasteiger partial charge in [-0.3, -0.25) is 0 Å². The molecular weight excluding hydrogens is 284 g/mol. The summed E-state index contributed by atoms with van der Waals surface area (Å²) in [6, 6.07) is 2.32. The smallest absolute Gasteiger partial charge is 0.332 e. The zero-order valence-electron chi connectivity index (χ0n) is 12.5. The predicted molar refractivity (Wildman–Crippen MR) is 84.3 cm³/mol. The lowest BCUT2D eigenvalue weighted by Crippen LogP contribution is -2.04. The normalized spacial score (nSPS) is 14.8. The van der Waals surface area contributed by atoms with Crippen LogP contribution in [-0.2, 0) is 22.4 Å². The molecule has 0 amide bonds. The van der Waals surface area contributed by atoms with E-state index in [1.807, 2.05) is 6.92 Å². The highest BCUT2D eigenvalue weighted by atomic mass is 32.1. The van der Waals surface area contributed by atoms with Gasteiger partial charge in [-0.05, 0) is 45.1 Å². The highest BCUT2D eigenvalue weighted by Gasteiger charge is 2.19.